The molecule has 1 saturated heterocycles. The number of sulfonamides is 1. The van der Waals surface area contributed by atoms with E-state index in [1.165, 1.54) is 0 Å². The van der Waals surface area contributed by atoms with Crippen molar-refractivity contribution in [3.05, 3.63) is 41.7 Å². The van der Waals surface area contributed by atoms with E-state index in [1.807, 2.05) is 30.3 Å². The largest absolute Gasteiger partial charge is 0.484 e. The molecule has 2 aromatic rings. The maximum absolute atomic E-state index is 12.7. The minimum Gasteiger partial charge on any atom is -0.484 e. The first-order valence-corrected chi connectivity index (χ1v) is 11.2. The molecule has 1 N–H and O–H groups in total. The van der Waals surface area contributed by atoms with Gasteiger partial charge < -0.3 is 9.64 Å². The van der Waals surface area contributed by atoms with Crippen molar-refractivity contribution in [3.63, 3.8) is 0 Å². The Labute approximate surface area is 171 Å². The van der Waals surface area contributed by atoms with E-state index in [0.717, 1.165) is 12.8 Å². The van der Waals surface area contributed by atoms with Crippen molar-refractivity contribution >= 4 is 15.9 Å². The minimum absolute atomic E-state index is 0.0148. The van der Waals surface area contributed by atoms with Gasteiger partial charge in [0.05, 0.1) is 11.4 Å². The van der Waals surface area contributed by atoms with Crippen LogP contribution >= 0.6 is 0 Å². The number of carbonyl (C=O) groups excluding carboxylic acids is 1. The second-order valence-electron chi connectivity index (χ2n) is 7.40. The standard InChI is InChI=1S/C20H28N4O4S/c1-15-20(16(2)23(3)22-15)29(26,27)21-13-17-9-11-24(12-10-17)19(25)14-28-18-7-5-4-6-8-18/h4-8,17,21H,9-14H2,1-3H3. The third-order valence-electron chi connectivity index (χ3n) is 5.35. The van der Waals surface area contributed by atoms with E-state index in [4.69, 9.17) is 4.74 Å². The lowest BCUT2D eigenvalue weighted by Crippen LogP contribution is -2.43. The van der Waals surface area contributed by atoms with Crippen molar-refractivity contribution in [3.8, 4) is 5.75 Å². The Morgan fingerprint density at radius 1 is 1.21 bits per heavy atom. The predicted molar refractivity (Wildman–Crippen MR) is 109 cm³/mol. The lowest BCUT2D eigenvalue weighted by molar-refractivity contribution is -0.134. The van der Waals surface area contributed by atoms with Crippen molar-refractivity contribution in [1.29, 1.82) is 0 Å². The highest BCUT2D eigenvalue weighted by atomic mass is 32.2. The Morgan fingerprint density at radius 2 is 1.86 bits per heavy atom. The molecular formula is C20H28N4O4S. The van der Waals surface area contributed by atoms with Crippen molar-refractivity contribution in [2.75, 3.05) is 26.2 Å². The molecule has 1 fully saturated rings. The van der Waals surface area contributed by atoms with Crippen LogP contribution in [0, 0.1) is 19.8 Å². The van der Waals surface area contributed by atoms with Gasteiger partial charge in [0.15, 0.2) is 6.61 Å². The third-order valence-corrected chi connectivity index (χ3v) is 7.02. The summed E-state index contributed by atoms with van der Waals surface area (Å²) in [5.74, 6) is 0.821. The van der Waals surface area contributed by atoms with Gasteiger partial charge in [0.1, 0.15) is 10.6 Å². The lowest BCUT2D eigenvalue weighted by atomic mass is 9.97. The molecule has 0 bridgehead atoms. The fourth-order valence-corrected chi connectivity index (χ4v) is 5.13. The number of rotatable bonds is 7. The molecule has 0 saturated carbocycles. The normalized spacial score (nSPS) is 15.5. The second-order valence-corrected chi connectivity index (χ2v) is 9.11. The maximum Gasteiger partial charge on any atom is 0.260 e. The summed E-state index contributed by atoms with van der Waals surface area (Å²) >= 11 is 0. The summed E-state index contributed by atoms with van der Waals surface area (Å²) in [5.41, 5.74) is 1.12. The highest BCUT2D eigenvalue weighted by molar-refractivity contribution is 7.89. The van der Waals surface area contributed by atoms with Gasteiger partial charge in [0.2, 0.25) is 10.0 Å². The molecule has 1 aromatic carbocycles. The summed E-state index contributed by atoms with van der Waals surface area (Å²) in [4.78, 5) is 14.4. The number of para-hydroxylation sites is 1. The van der Waals surface area contributed by atoms with E-state index in [0.29, 0.717) is 36.8 Å². The number of aromatic nitrogens is 2. The smallest absolute Gasteiger partial charge is 0.260 e. The molecule has 158 valence electrons. The molecule has 0 aliphatic carbocycles. The average molecular weight is 421 g/mol. The van der Waals surface area contributed by atoms with Crippen LogP contribution in [0.15, 0.2) is 35.2 Å². The van der Waals surface area contributed by atoms with Gasteiger partial charge in [0.25, 0.3) is 5.91 Å². The summed E-state index contributed by atoms with van der Waals surface area (Å²) in [7, 11) is -1.87. The molecule has 0 spiro atoms. The highest BCUT2D eigenvalue weighted by Gasteiger charge is 2.27. The van der Waals surface area contributed by atoms with Crippen LogP contribution in [0.2, 0.25) is 0 Å². The van der Waals surface area contributed by atoms with Crippen LogP contribution in [-0.4, -0.2) is 55.2 Å². The van der Waals surface area contributed by atoms with Crippen LogP contribution in [0.25, 0.3) is 0 Å². The highest BCUT2D eigenvalue weighted by Crippen LogP contribution is 2.21. The van der Waals surface area contributed by atoms with Crippen molar-refractivity contribution in [2.24, 2.45) is 13.0 Å². The molecule has 8 nitrogen and oxygen atoms in total. The van der Waals surface area contributed by atoms with Crippen molar-refractivity contribution < 1.29 is 17.9 Å². The molecule has 2 heterocycles. The summed E-state index contributed by atoms with van der Waals surface area (Å²) in [6, 6.07) is 9.25. The Balaban J connectivity index is 1.46. The zero-order valence-electron chi connectivity index (χ0n) is 17.1. The van der Waals surface area contributed by atoms with Gasteiger partial charge in [-0.2, -0.15) is 5.10 Å². The van der Waals surface area contributed by atoms with Gasteiger partial charge in [-0.1, -0.05) is 18.2 Å². The molecule has 0 atom stereocenters. The summed E-state index contributed by atoms with van der Waals surface area (Å²) < 4.78 is 35.2. The number of benzene rings is 1. The Bertz CT molecular complexity index is 948. The summed E-state index contributed by atoms with van der Waals surface area (Å²) in [5, 5.41) is 4.18. The van der Waals surface area contributed by atoms with Crippen LogP contribution < -0.4 is 9.46 Å². The number of carbonyl (C=O) groups is 1. The van der Waals surface area contributed by atoms with E-state index >= 15 is 0 Å². The van der Waals surface area contributed by atoms with Crippen LogP contribution in [0.1, 0.15) is 24.2 Å². The molecule has 1 aliphatic rings. The maximum atomic E-state index is 12.7. The Hall–Kier alpha value is -2.39. The predicted octanol–water partition coefficient (Wildman–Crippen LogP) is 1.63. The van der Waals surface area contributed by atoms with E-state index in [-0.39, 0.29) is 23.3 Å². The Kier molecular flexibility index (Phi) is 6.59. The van der Waals surface area contributed by atoms with E-state index in [2.05, 4.69) is 9.82 Å². The number of piperidine rings is 1. The fourth-order valence-electron chi connectivity index (χ4n) is 3.58. The first kappa shape index (κ1) is 21.3. The average Bonchev–Trinajstić information content (AvgIpc) is 2.98. The molecule has 1 amide bonds. The van der Waals surface area contributed by atoms with E-state index in [1.54, 1.807) is 30.5 Å². The number of nitrogens with zero attached hydrogens (tertiary/aromatic N) is 3. The molecule has 1 aliphatic heterocycles. The van der Waals surface area contributed by atoms with Crippen LogP contribution in [-0.2, 0) is 21.9 Å². The summed E-state index contributed by atoms with van der Waals surface area (Å²) in [6.07, 6.45) is 1.51. The number of amides is 1. The number of ether oxygens (including phenoxy) is 1. The fraction of sp³-hybridized carbons (Fsp3) is 0.500. The monoisotopic (exact) mass is 420 g/mol. The molecule has 3 rings (SSSR count). The van der Waals surface area contributed by atoms with Gasteiger partial charge in [-0.25, -0.2) is 13.1 Å². The minimum atomic E-state index is -3.60. The van der Waals surface area contributed by atoms with Gasteiger partial charge in [-0.15, -0.1) is 0 Å². The number of aryl methyl sites for hydroxylation is 2. The van der Waals surface area contributed by atoms with Gasteiger partial charge >= 0.3 is 0 Å². The lowest BCUT2D eigenvalue weighted by Gasteiger charge is -2.32. The van der Waals surface area contributed by atoms with Crippen LogP contribution in [0.5, 0.6) is 5.75 Å². The third kappa shape index (κ3) is 5.16. The zero-order valence-corrected chi connectivity index (χ0v) is 17.9. The van der Waals surface area contributed by atoms with E-state index in [9.17, 15) is 13.2 Å². The number of hydrogen-bond donors (Lipinski definition) is 1. The van der Waals surface area contributed by atoms with Gasteiger partial charge in [-0.05, 0) is 44.7 Å². The van der Waals surface area contributed by atoms with Crippen LogP contribution in [0.4, 0.5) is 0 Å². The molecule has 9 heteroatoms. The SMILES string of the molecule is Cc1nn(C)c(C)c1S(=O)(=O)NCC1CCN(C(=O)COc2ccccc2)CC1. The molecule has 1 aromatic heterocycles. The van der Waals surface area contributed by atoms with Crippen LogP contribution in [0.3, 0.4) is 0 Å². The quantitative estimate of drug-likeness (QED) is 0.735. The molecule has 29 heavy (non-hydrogen) atoms. The van der Waals surface area contributed by atoms with E-state index < -0.39 is 10.0 Å². The summed E-state index contributed by atoms with van der Waals surface area (Å²) in [6.45, 7) is 5.03. The molecular weight excluding hydrogens is 392 g/mol. The number of hydrogen-bond acceptors (Lipinski definition) is 5. The number of likely N-dealkylation sites (tertiary alicyclic amines) is 1. The topological polar surface area (TPSA) is 93.5 Å². The molecule has 0 radical (unpaired) electrons. The first-order chi connectivity index (χ1) is 13.8. The Morgan fingerprint density at radius 3 is 2.45 bits per heavy atom. The zero-order chi connectivity index (χ0) is 21.0. The van der Waals surface area contributed by atoms with Crippen molar-refractivity contribution in [1.82, 2.24) is 19.4 Å². The number of nitrogens with one attached hydrogen (secondary N) is 1. The van der Waals surface area contributed by atoms with Crippen molar-refractivity contribution in [2.45, 2.75) is 31.6 Å². The van der Waals surface area contributed by atoms with Gasteiger partial charge in [-0.3, -0.25) is 9.48 Å². The van der Waals surface area contributed by atoms with Gasteiger partial charge in [0, 0.05) is 26.7 Å². The first-order valence-electron chi connectivity index (χ1n) is 9.73. The molecule has 0 unspecified atom stereocenters. The second kappa shape index (κ2) is 8.96.